The molecule has 0 radical (unpaired) electrons. The minimum Gasteiger partial charge on any atom is -0.497 e. The van der Waals surface area contributed by atoms with E-state index in [-0.39, 0.29) is 12.1 Å². The molecule has 3 rings (SSSR count). The molecule has 23 heavy (non-hydrogen) atoms. The number of benzene rings is 3. The number of methoxy groups -OCH3 is 1. The third kappa shape index (κ3) is 3.38. The molecule has 1 N–H and O–H groups in total. The van der Waals surface area contributed by atoms with Crippen LogP contribution in [-0.2, 0) is 0 Å². The van der Waals surface area contributed by atoms with E-state index in [1.54, 1.807) is 7.11 Å². The van der Waals surface area contributed by atoms with Gasteiger partial charge in [0.2, 0.25) is 0 Å². The van der Waals surface area contributed by atoms with Crippen LogP contribution < -0.4 is 10.1 Å². The van der Waals surface area contributed by atoms with Gasteiger partial charge < -0.3 is 10.1 Å². The fourth-order valence-electron chi connectivity index (χ4n) is 3.10. The van der Waals surface area contributed by atoms with E-state index in [1.807, 2.05) is 12.1 Å². The number of hydrogen-bond donors (Lipinski definition) is 1. The van der Waals surface area contributed by atoms with Gasteiger partial charge in [-0.3, -0.25) is 0 Å². The second kappa shape index (κ2) is 6.84. The van der Waals surface area contributed by atoms with Gasteiger partial charge in [0.25, 0.3) is 0 Å². The maximum Gasteiger partial charge on any atom is 0.119 e. The molecule has 0 unspecified atom stereocenters. The quantitative estimate of drug-likeness (QED) is 0.694. The first-order valence-corrected chi connectivity index (χ1v) is 8.06. The molecule has 0 aliphatic heterocycles. The molecule has 0 aliphatic carbocycles. The van der Waals surface area contributed by atoms with E-state index in [9.17, 15) is 0 Å². The van der Waals surface area contributed by atoms with Crippen LogP contribution in [0.15, 0.2) is 66.7 Å². The average Bonchev–Trinajstić information content (AvgIpc) is 2.61. The smallest absolute Gasteiger partial charge is 0.119 e. The van der Waals surface area contributed by atoms with Crippen molar-refractivity contribution in [3.05, 3.63) is 77.9 Å². The Bertz CT molecular complexity index is 791. The molecule has 0 fully saturated rings. The van der Waals surface area contributed by atoms with Crippen molar-refractivity contribution in [3.63, 3.8) is 0 Å². The fourth-order valence-corrected chi connectivity index (χ4v) is 3.10. The summed E-state index contributed by atoms with van der Waals surface area (Å²) in [5.41, 5.74) is 2.56. The lowest BCUT2D eigenvalue weighted by Gasteiger charge is -2.22. The number of nitrogens with one attached hydrogen (secondary N) is 1. The number of hydrogen-bond acceptors (Lipinski definition) is 2. The van der Waals surface area contributed by atoms with Crippen molar-refractivity contribution in [2.24, 2.45) is 0 Å². The van der Waals surface area contributed by atoms with Gasteiger partial charge in [-0.2, -0.15) is 0 Å². The molecule has 0 bridgehead atoms. The normalized spacial score (nSPS) is 13.7. The molecular weight excluding hydrogens is 282 g/mol. The Balaban J connectivity index is 1.84. The van der Waals surface area contributed by atoms with E-state index in [1.165, 1.54) is 21.9 Å². The van der Waals surface area contributed by atoms with Crippen molar-refractivity contribution in [1.82, 2.24) is 5.32 Å². The summed E-state index contributed by atoms with van der Waals surface area (Å²) in [6.07, 6.45) is 0. The molecule has 3 aromatic rings. The first kappa shape index (κ1) is 15.6. The highest BCUT2D eigenvalue weighted by Gasteiger charge is 2.13. The van der Waals surface area contributed by atoms with E-state index >= 15 is 0 Å². The molecule has 0 saturated carbocycles. The van der Waals surface area contributed by atoms with Crippen LogP contribution in [0, 0.1) is 0 Å². The molecule has 118 valence electrons. The third-order valence-electron chi connectivity index (χ3n) is 4.38. The van der Waals surface area contributed by atoms with E-state index in [0.717, 1.165) is 5.75 Å². The van der Waals surface area contributed by atoms with Crippen molar-refractivity contribution < 1.29 is 4.74 Å². The molecule has 2 atom stereocenters. The number of ether oxygens (including phenoxy) is 1. The Labute approximate surface area is 138 Å². The number of rotatable bonds is 5. The van der Waals surface area contributed by atoms with Crippen molar-refractivity contribution in [1.29, 1.82) is 0 Å². The van der Waals surface area contributed by atoms with Gasteiger partial charge in [0, 0.05) is 12.1 Å². The minimum atomic E-state index is 0.249. The summed E-state index contributed by atoms with van der Waals surface area (Å²) in [6.45, 7) is 4.41. The largest absolute Gasteiger partial charge is 0.497 e. The molecule has 0 saturated heterocycles. The van der Waals surface area contributed by atoms with Crippen LogP contribution in [0.1, 0.15) is 37.1 Å². The summed E-state index contributed by atoms with van der Waals surface area (Å²) in [5.74, 6) is 0.897. The van der Waals surface area contributed by atoms with Gasteiger partial charge in [-0.15, -0.1) is 0 Å². The predicted molar refractivity (Wildman–Crippen MR) is 96.9 cm³/mol. The van der Waals surface area contributed by atoms with Gasteiger partial charge in [0.05, 0.1) is 7.11 Å². The van der Waals surface area contributed by atoms with Crippen LogP contribution in [0.4, 0.5) is 0 Å². The summed E-state index contributed by atoms with van der Waals surface area (Å²) in [4.78, 5) is 0. The fraction of sp³-hybridized carbons (Fsp3) is 0.238. The lowest BCUT2D eigenvalue weighted by molar-refractivity contribution is 0.412. The highest BCUT2D eigenvalue weighted by molar-refractivity contribution is 5.86. The summed E-state index contributed by atoms with van der Waals surface area (Å²) in [6, 6.07) is 23.8. The maximum absolute atomic E-state index is 5.32. The summed E-state index contributed by atoms with van der Waals surface area (Å²) >= 11 is 0. The maximum atomic E-state index is 5.32. The molecule has 2 nitrogen and oxygen atoms in total. The zero-order valence-electron chi connectivity index (χ0n) is 13.9. The molecule has 2 heteroatoms. The van der Waals surface area contributed by atoms with E-state index in [2.05, 4.69) is 73.8 Å². The van der Waals surface area contributed by atoms with Crippen LogP contribution in [0.3, 0.4) is 0 Å². The molecular formula is C21H23NO. The predicted octanol–water partition coefficient (Wildman–Crippen LogP) is 5.26. The van der Waals surface area contributed by atoms with Crippen molar-refractivity contribution in [3.8, 4) is 5.75 Å². The van der Waals surface area contributed by atoms with Gasteiger partial charge >= 0.3 is 0 Å². The minimum absolute atomic E-state index is 0.249. The standard InChI is InChI=1S/C21H23NO/c1-15(18-10-6-11-19(14-18)23-3)22-16(2)20-13-7-9-17-8-4-5-12-21(17)20/h4-16,22H,1-3H3/t15-,16+/m1/s1. The lowest BCUT2D eigenvalue weighted by atomic mass is 9.98. The topological polar surface area (TPSA) is 21.3 Å². The summed E-state index contributed by atoms with van der Waals surface area (Å²) in [7, 11) is 1.70. The van der Waals surface area contributed by atoms with Gasteiger partial charge in [0.1, 0.15) is 5.75 Å². The molecule has 0 aliphatic rings. The van der Waals surface area contributed by atoms with Gasteiger partial charge in [0.15, 0.2) is 0 Å². The Morgan fingerprint density at radius 3 is 2.39 bits per heavy atom. The van der Waals surface area contributed by atoms with Crippen LogP contribution in [0.5, 0.6) is 5.75 Å². The first-order chi connectivity index (χ1) is 11.2. The molecule has 3 aromatic carbocycles. The van der Waals surface area contributed by atoms with E-state index in [4.69, 9.17) is 4.74 Å². The molecule has 0 spiro atoms. The van der Waals surface area contributed by atoms with E-state index < -0.39 is 0 Å². The van der Waals surface area contributed by atoms with Crippen LogP contribution in [-0.4, -0.2) is 7.11 Å². The van der Waals surface area contributed by atoms with Crippen LogP contribution >= 0.6 is 0 Å². The van der Waals surface area contributed by atoms with Crippen molar-refractivity contribution in [2.75, 3.05) is 7.11 Å². The third-order valence-corrected chi connectivity index (χ3v) is 4.38. The van der Waals surface area contributed by atoms with Crippen LogP contribution in [0.25, 0.3) is 10.8 Å². The zero-order valence-corrected chi connectivity index (χ0v) is 13.9. The van der Waals surface area contributed by atoms with Gasteiger partial charge in [-0.05, 0) is 47.9 Å². The zero-order chi connectivity index (χ0) is 16.2. The van der Waals surface area contributed by atoms with Gasteiger partial charge in [-0.25, -0.2) is 0 Å². The second-order valence-corrected chi connectivity index (χ2v) is 5.96. The monoisotopic (exact) mass is 305 g/mol. The Kier molecular flexibility index (Phi) is 4.63. The Morgan fingerprint density at radius 1 is 0.826 bits per heavy atom. The Morgan fingerprint density at radius 2 is 1.57 bits per heavy atom. The van der Waals surface area contributed by atoms with Crippen molar-refractivity contribution >= 4 is 10.8 Å². The first-order valence-electron chi connectivity index (χ1n) is 8.06. The summed E-state index contributed by atoms with van der Waals surface area (Å²) < 4.78 is 5.32. The highest BCUT2D eigenvalue weighted by atomic mass is 16.5. The van der Waals surface area contributed by atoms with Crippen molar-refractivity contribution in [2.45, 2.75) is 25.9 Å². The van der Waals surface area contributed by atoms with E-state index in [0.29, 0.717) is 0 Å². The van der Waals surface area contributed by atoms with Gasteiger partial charge in [-0.1, -0.05) is 54.6 Å². The Hall–Kier alpha value is -2.32. The SMILES string of the molecule is COc1cccc([C@@H](C)N[C@@H](C)c2cccc3ccccc23)c1. The molecule has 0 aromatic heterocycles. The number of fused-ring (bicyclic) bond motifs is 1. The summed E-state index contributed by atoms with van der Waals surface area (Å²) in [5, 5.41) is 6.30. The lowest BCUT2D eigenvalue weighted by Crippen LogP contribution is -2.22. The molecule has 0 heterocycles. The molecule has 0 amide bonds. The highest BCUT2D eigenvalue weighted by Crippen LogP contribution is 2.27. The second-order valence-electron chi connectivity index (χ2n) is 5.96. The van der Waals surface area contributed by atoms with Crippen LogP contribution in [0.2, 0.25) is 0 Å². The average molecular weight is 305 g/mol.